The molecular weight excluding hydrogens is 236 g/mol. The molecule has 0 saturated carbocycles. The molecule has 1 heterocycles. The van der Waals surface area contributed by atoms with Gasteiger partial charge in [-0.15, -0.1) is 0 Å². The van der Waals surface area contributed by atoms with Crippen molar-refractivity contribution in [3.63, 3.8) is 0 Å². The van der Waals surface area contributed by atoms with Crippen LogP contribution in [0.15, 0.2) is 24.3 Å². The molecule has 2 N–H and O–H groups in total. The lowest BCUT2D eigenvalue weighted by molar-refractivity contribution is 0.0948. The summed E-state index contributed by atoms with van der Waals surface area (Å²) in [7, 11) is 0. The maximum Gasteiger partial charge on any atom is 0.251 e. The summed E-state index contributed by atoms with van der Waals surface area (Å²) in [6.45, 7) is 7.28. The second-order valence-electron chi connectivity index (χ2n) is 5.86. The van der Waals surface area contributed by atoms with Gasteiger partial charge in [0.1, 0.15) is 0 Å². The van der Waals surface area contributed by atoms with E-state index in [1.165, 1.54) is 5.56 Å². The maximum absolute atomic E-state index is 12.0. The minimum absolute atomic E-state index is 0.0444. The molecule has 1 fully saturated rings. The van der Waals surface area contributed by atoms with Crippen molar-refractivity contribution in [3.05, 3.63) is 35.4 Å². The average molecular weight is 260 g/mol. The highest BCUT2D eigenvalue weighted by Crippen LogP contribution is 2.10. The van der Waals surface area contributed by atoms with Crippen molar-refractivity contribution in [3.8, 4) is 0 Å². The van der Waals surface area contributed by atoms with Gasteiger partial charge >= 0.3 is 0 Å². The standard InChI is InChI=1S/C16H24N2O/c1-12(2)9-13-3-5-15(6-4-13)16(19)18-11-14-7-8-17-10-14/h3-6,12,14,17H,7-11H2,1-2H3,(H,18,19). The fourth-order valence-corrected chi connectivity index (χ4v) is 2.49. The fraction of sp³-hybridized carbons (Fsp3) is 0.562. The zero-order chi connectivity index (χ0) is 13.7. The fourth-order valence-electron chi connectivity index (χ4n) is 2.49. The van der Waals surface area contributed by atoms with Crippen molar-refractivity contribution in [2.75, 3.05) is 19.6 Å². The second kappa shape index (κ2) is 6.71. The Morgan fingerprint density at radius 3 is 2.68 bits per heavy atom. The molecule has 2 rings (SSSR count). The van der Waals surface area contributed by atoms with Gasteiger partial charge in [-0.1, -0.05) is 26.0 Å². The summed E-state index contributed by atoms with van der Waals surface area (Å²) >= 11 is 0. The zero-order valence-electron chi connectivity index (χ0n) is 11.9. The number of nitrogens with one attached hydrogen (secondary N) is 2. The number of hydrogen-bond donors (Lipinski definition) is 2. The molecule has 1 aromatic carbocycles. The van der Waals surface area contributed by atoms with Crippen LogP contribution in [0, 0.1) is 11.8 Å². The normalized spacial score (nSPS) is 18.8. The Labute approximate surface area is 115 Å². The van der Waals surface area contributed by atoms with Gasteiger partial charge < -0.3 is 10.6 Å². The summed E-state index contributed by atoms with van der Waals surface area (Å²) in [4.78, 5) is 12.0. The SMILES string of the molecule is CC(C)Cc1ccc(C(=O)NCC2CCNC2)cc1. The number of benzene rings is 1. The van der Waals surface area contributed by atoms with Crippen molar-refractivity contribution in [1.29, 1.82) is 0 Å². The van der Waals surface area contributed by atoms with Gasteiger partial charge in [0.15, 0.2) is 0 Å². The topological polar surface area (TPSA) is 41.1 Å². The molecule has 1 aliphatic rings. The van der Waals surface area contributed by atoms with Crippen LogP contribution in [0.1, 0.15) is 36.2 Å². The molecule has 1 amide bonds. The van der Waals surface area contributed by atoms with Crippen LogP contribution in [0.25, 0.3) is 0 Å². The van der Waals surface area contributed by atoms with Crippen molar-refractivity contribution >= 4 is 5.91 Å². The minimum Gasteiger partial charge on any atom is -0.352 e. The number of carbonyl (C=O) groups is 1. The molecule has 0 aromatic heterocycles. The van der Waals surface area contributed by atoms with Crippen molar-refractivity contribution < 1.29 is 4.79 Å². The number of carbonyl (C=O) groups excluding carboxylic acids is 1. The molecule has 0 spiro atoms. The van der Waals surface area contributed by atoms with E-state index in [9.17, 15) is 4.79 Å². The third-order valence-corrected chi connectivity index (χ3v) is 3.57. The van der Waals surface area contributed by atoms with Crippen molar-refractivity contribution in [1.82, 2.24) is 10.6 Å². The zero-order valence-corrected chi connectivity index (χ0v) is 11.9. The van der Waals surface area contributed by atoms with Crippen LogP contribution in [0.3, 0.4) is 0 Å². The molecule has 1 unspecified atom stereocenters. The Morgan fingerprint density at radius 1 is 1.37 bits per heavy atom. The lowest BCUT2D eigenvalue weighted by Gasteiger charge is -2.10. The Hall–Kier alpha value is -1.35. The summed E-state index contributed by atoms with van der Waals surface area (Å²) in [5, 5.41) is 6.33. The third-order valence-electron chi connectivity index (χ3n) is 3.57. The average Bonchev–Trinajstić information content (AvgIpc) is 2.89. The van der Waals surface area contributed by atoms with Gasteiger partial charge in [0, 0.05) is 12.1 Å². The van der Waals surface area contributed by atoms with Crippen molar-refractivity contribution in [2.24, 2.45) is 11.8 Å². The van der Waals surface area contributed by atoms with E-state index in [2.05, 4.69) is 36.6 Å². The third kappa shape index (κ3) is 4.35. The molecular formula is C16H24N2O. The number of hydrogen-bond acceptors (Lipinski definition) is 2. The first-order valence-electron chi connectivity index (χ1n) is 7.23. The molecule has 19 heavy (non-hydrogen) atoms. The van der Waals surface area contributed by atoms with Crippen LogP contribution in [0.5, 0.6) is 0 Å². The first-order chi connectivity index (χ1) is 9.15. The first-order valence-corrected chi connectivity index (χ1v) is 7.23. The van der Waals surface area contributed by atoms with E-state index in [0.29, 0.717) is 11.8 Å². The van der Waals surface area contributed by atoms with E-state index in [1.54, 1.807) is 0 Å². The highest BCUT2D eigenvalue weighted by Gasteiger charge is 2.15. The summed E-state index contributed by atoms with van der Waals surface area (Å²) in [5.74, 6) is 1.28. The highest BCUT2D eigenvalue weighted by atomic mass is 16.1. The minimum atomic E-state index is 0.0444. The summed E-state index contributed by atoms with van der Waals surface area (Å²) < 4.78 is 0. The molecule has 1 saturated heterocycles. The number of rotatable bonds is 5. The second-order valence-corrected chi connectivity index (χ2v) is 5.86. The Kier molecular flexibility index (Phi) is 4.97. The summed E-state index contributed by atoms with van der Waals surface area (Å²) in [5.41, 5.74) is 2.06. The molecule has 1 aliphatic heterocycles. The van der Waals surface area contributed by atoms with Gasteiger partial charge in [-0.2, -0.15) is 0 Å². The van der Waals surface area contributed by atoms with E-state index in [-0.39, 0.29) is 5.91 Å². The van der Waals surface area contributed by atoms with E-state index >= 15 is 0 Å². The lowest BCUT2D eigenvalue weighted by atomic mass is 10.0. The molecule has 0 radical (unpaired) electrons. The van der Waals surface area contributed by atoms with Crippen LogP contribution >= 0.6 is 0 Å². The van der Waals surface area contributed by atoms with E-state index in [4.69, 9.17) is 0 Å². The summed E-state index contributed by atoms with van der Waals surface area (Å²) in [6.07, 6.45) is 2.23. The van der Waals surface area contributed by atoms with Crippen LogP contribution in [0.2, 0.25) is 0 Å². The van der Waals surface area contributed by atoms with Gasteiger partial charge in [0.05, 0.1) is 0 Å². The molecule has 0 aliphatic carbocycles. The van der Waals surface area contributed by atoms with Crippen LogP contribution in [0.4, 0.5) is 0 Å². The molecule has 104 valence electrons. The van der Waals surface area contributed by atoms with Gasteiger partial charge in [0.25, 0.3) is 5.91 Å². The molecule has 1 aromatic rings. The van der Waals surface area contributed by atoms with Crippen LogP contribution < -0.4 is 10.6 Å². The first kappa shape index (κ1) is 14.1. The molecule has 3 nitrogen and oxygen atoms in total. The predicted molar refractivity (Wildman–Crippen MR) is 78.3 cm³/mol. The predicted octanol–water partition coefficient (Wildman–Crippen LogP) is 2.22. The lowest BCUT2D eigenvalue weighted by Crippen LogP contribution is -2.30. The van der Waals surface area contributed by atoms with Crippen molar-refractivity contribution in [2.45, 2.75) is 26.7 Å². The molecule has 0 bridgehead atoms. The quantitative estimate of drug-likeness (QED) is 0.852. The number of amides is 1. The van der Waals surface area contributed by atoms with Crippen LogP contribution in [-0.2, 0) is 6.42 Å². The van der Waals surface area contributed by atoms with E-state index in [0.717, 1.165) is 38.0 Å². The molecule has 1 atom stereocenters. The smallest absolute Gasteiger partial charge is 0.251 e. The van der Waals surface area contributed by atoms with Crippen LogP contribution in [-0.4, -0.2) is 25.5 Å². The summed E-state index contributed by atoms with van der Waals surface area (Å²) in [6, 6.07) is 7.98. The highest BCUT2D eigenvalue weighted by molar-refractivity contribution is 5.94. The van der Waals surface area contributed by atoms with Gasteiger partial charge in [-0.05, 0) is 55.5 Å². The van der Waals surface area contributed by atoms with Gasteiger partial charge in [-0.3, -0.25) is 4.79 Å². The van der Waals surface area contributed by atoms with Gasteiger partial charge in [-0.25, -0.2) is 0 Å². The monoisotopic (exact) mass is 260 g/mol. The Morgan fingerprint density at radius 2 is 2.11 bits per heavy atom. The van der Waals surface area contributed by atoms with E-state index in [1.807, 2.05) is 12.1 Å². The Bertz CT molecular complexity index is 405. The molecule has 3 heteroatoms. The largest absolute Gasteiger partial charge is 0.352 e. The maximum atomic E-state index is 12.0. The van der Waals surface area contributed by atoms with E-state index < -0.39 is 0 Å². The van der Waals surface area contributed by atoms with Gasteiger partial charge in [0.2, 0.25) is 0 Å². The Balaban J connectivity index is 1.84.